The second-order valence-electron chi connectivity index (χ2n) is 7.55. The Morgan fingerprint density at radius 3 is 2.32 bits per heavy atom. The van der Waals surface area contributed by atoms with Crippen LogP contribution in [0.3, 0.4) is 0 Å². The number of benzene rings is 1. The maximum absolute atomic E-state index is 6.61. The first kappa shape index (κ1) is 16.9. The van der Waals surface area contributed by atoms with Crippen LogP contribution >= 0.6 is 11.6 Å². The van der Waals surface area contributed by atoms with E-state index in [1.54, 1.807) is 0 Å². The molecule has 0 N–H and O–H groups in total. The van der Waals surface area contributed by atoms with E-state index in [1.165, 1.54) is 17.5 Å². The highest BCUT2D eigenvalue weighted by Crippen LogP contribution is 2.54. The zero-order valence-electron chi connectivity index (χ0n) is 15.0. The van der Waals surface area contributed by atoms with Crippen molar-refractivity contribution in [3.63, 3.8) is 0 Å². The number of nitrogens with zero attached hydrogens (tertiary/aromatic N) is 3. The predicted octanol–water partition coefficient (Wildman–Crippen LogP) is 4.54. The average Bonchev–Trinajstić information content (AvgIpc) is 3.43. The molecule has 1 aliphatic heterocycles. The van der Waals surface area contributed by atoms with E-state index in [0.717, 1.165) is 37.0 Å². The Hall–Kier alpha value is -1.58. The summed E-state index contributed by atoms with van der Waals surface area (Å²) in [6, 6.07) is 13.5. The van der Waals surface area contributed by atoms with E-state index in [0.29, 0.717) is 17.9 Å². The summed E-state index contributed by atoms with van der Waals surface area (Å²) in [6.45, 7) is 8.68. The molecule has 1 aromatic heterocycles. The van der Waals surface area contributed by atoms with Gasteiger partial charge in [-0.15, -0.1) is 0 Å². The van der Waals surface area contributed by atoms with Gasteiger partial charge in [0.1, 0.15) is 5.82 Å². The third-order valence-electron chi connectivity index (χ3n) is 5.63. The lowest BCUT2D eigenvalue weighted by Crippen LogP contribution is -2.49. The second-order valence-corrected chi connectivity index (χ2v) is 7.96. The molecule has 3 nitrogen and oxygen atoms in total. The van der Waals surface area contributed by atoms with Crippen molar-refractivity contribution in [3.05, 3.63) is 58.7 Å². The summed E-state index contributed by atoms with van der Waals surface area (Å²) in [5.74, 6) is 2.14. The molecule has 2 heterocycles. The molecule has 1 aliphatic carbocycles. The van der Waals surface area contributed by atoms with Crippen molar-refractivity contribution in [1.82, 2.24) is 9.88 Å². The highest BCUT2D eigenvalue weighted by molar-refractivity contribution is 6.33. The summed E-state index contributed by atoms with van der Waals surface area (Å²) >= 11 is 6.61. The van der Waals surface area contributed by atoms with Crippen molar-refractivity contribution in [2.45, 2.75) is 38.1 Å². The lowest BCUT2D eigenvalue weighted by Gasteiger charge is -2.37. The first-order valence-electron chi connectivity index (χ1n) is 9.33. The van der Waals surface area contributed by atoms with Gasteiger partial charge in [0.2, 0.25) is 0 Å². The van der Waals surface area contributed by atoms with Gasteiger partial charge in [0, 0.05) is 38.4 Å². The SMILES string of the molecule is CC(C)N1CCN(c2ncc(C3CC3c3ccccc3)cc2Cl)CC1. The molecule has 1 saturated heterocycles. The van der Waals surface area contributed by atoms with Crippen molar-refractivity contribution in [2.75, 3.05) is 31.1 Å². The summed E-state index contributed by atoms with van der Waals surface area (Å²) < 4.78 is 0. The fourth-order valence-corrected chi connectivity index (χ4v) is 4.26. The number of anilines is 1. The molecule has 132 valence electrons. The molecule has 4 rings (SSSR count). The van der Waals surface area contributed by atoms with E-state index in [9.17, 15) is 0 Å². The second kappa shape index (κ2) is 6.97. The monoisotopic (exact) mass is 355 g/mol. The average molecular weight is 356 g/mol. The van der Waals surface area contributed by atoms with E-state index >= 15 is 0 Å². The number of hydrogen-bond acceptors (Lipinski definition) is 3. The Balaban J connectivity index is 1.44. The van der Waals surface area contributed by atoms with Gasteiger partial charge in [0.15, 0.2) is 0 Å². The molecule has 2 aliphatic rings. The zero-order chi connectivity index (χ0) is 17.4. The third-order valence-corrected chi connectivity index (χ3v) is 5.91. The maximum Gasteiger partial charge on any atom is 0.147 e. The predicted molar refractivity (Wildman–Crippen MR) is 105 cm³/mol. The van der Waals surface area contributed by atoms with Gasteiger partial charge in [-0.3, -0.25) is 4.90 Å². The van der Waals surface area contributed by atoms with Gasteiger partial charge in [0.25, 0.3) is 0 Å². The molecular weight excluding hydrogens is 330 g/mol. The van der Waals surface area contributed by atoms with E-state index in [1.807, 2.05) is 6.20 Å². The van der Waals surface area contributed by atoms with Gasteiger partial charge in [-0.2, -0.15) is 0 Å². The highest BCUT2D eigenvalue weighted by Gasteiger charge is 2.39. The van der Waals surface area contributed by atoms with Crippen LogP contribution < -0.4 is 4.90 Å². The van der Waals surface area contributed by atoms with Crippen LogP contribution in [0.15, 0.2) is 42.6 Å². The summed E-state index contributed by atoms with van der Waals surface area (Å²) in [4.78, 5) is 9.57. The number of pyridine rings is 1. The topological polar surface area (TPSA) is 19.4 Å². The minimum absolute atomic E-state index is 0.569. The van der Waals surface area contributed by atoms with Crippen LogP contribution in [0, 0.1) is 0 Å². The number of hydrogen-bond donors (Lipinski definition) is 0. The van der Waals surface area contributed by atoms with Crippen molar-refractivity contribution in [2.24, 2.45) is 0 Å². The number of rotatable bonds is 4. The first-order valence-corrected chi connectivity index (χ1v) is 9.70. The van der Waals surface area contributed by atoms with Crippen LogP contribution in [-0.2, 0) is 0 Å². The summed E-state index contributed by atoms with van der Waals surface area (Å²) in [5.41, 5.74) is 2.71. The molecule has 1 aromatic carbocycles. The van der Waals surface area contributed by atoms with Gasteiger partial charge in [0.05, 0.1) is 5.02 Å². The van der Waals surface area contributed by atoms with E-state index in [2.05, 4.69) is 60.0 Å². The third kappa shape index (κ3) is 3.54. The molecule has 0 radical (unpaired) electrons. The molecule has 2 unspecified atom stereocenters. The quantitative estimate of drug-likeness (QED) is 0.802. The molecule has 4 heteroatoms. The Labute approximate surface area is 155 Å². The van der Waals surface area contributed by atoms with Gasteiger partial charge in [-0.1, -0.05) is 41.9 Å². The maximum atomic E-state index is 6.61. The lowest BCUT2D eigenvalue weighted by atomic mass is 10.1. The van der Waals surface area contributed by atoms with Gasteiger partial charge < -0.3 is 4.90 Å². The standard InChI is InChI=1S/C21H26ClN3/c1-15(2)24-8-10-25(11-9-24)21-20(22)12-17(14-23-21)19-13-18(19)16-6-4-3-5-7-16/h3-7,12,14-15,18-19H,8-11,13H2,1-2H3. The number of halogens is 1. The van der Waals surface area contributed by atoms with Crippen LogP contribution in [0.2, 0.25) is 5.02 Å². The minimum atomic E-state index is 0.569. The Morgan fingerprint density at radius 1 is 1.00 bits per heavy atom. The molecule has 2 atom stereocenters. The molecule has 2 aromatic rings. The normalized spacial score (nSPS) is 23.9. The molecule has 0 amide bonds. The highest BCUT2D eigenvalue weighted by atomic mass is 35.5. The van der Waals surface area contributed by atoms with E-state index in [-0.39, 0.29) is 0 Å². The molecular formula is C21H26ClN3. The number of piperazine rings is 1. The first-order chi connectivity index (χ1) is 12.1. The number of aromatic nitrogens is 1. The Kier molecular flexibility index (Phi) is 4.70. The van der Waals surface area contributed by atoms with Crippen molar-refractivity contribution < 1.29 is 0 Å². The van der Waals surface area contributed by atoms with Crippen molar-refractivity contribution >= 4 is 17.4 Å². The van der Waals surface area contributed by atoms with Crippen LogP contribution in [-0.4, -0.2) is 42.1 Å². The molecule has 0 spiro atoms. The molecule has 0 bridgehead atoms. The van der Waals surface area contributed by atoms with Gasteiger partial charge in [-0.05, 0) is 49.3 Å². The Morgan fingerprint density at radius 2 is 1.68 bits per heavy atom. The minimum Gasteiger partial charge on any atom is -0.353 e. The summed E-state index contributed by atoms with van der Waals surface area (Å²) in [6.07, 6.45) is 3.25. The van der Waals surface area contributed by atoms with Crippen molar-refractivity contribution in [3.8, 4) is 0 Å². The Bertz CT molecular complexity index is 723. The fourth-order valence-electron chi connectivity index (χ4n) is 3.96. The summed E-state index contributed by atoms with van der Waals surface area (Å²) in [7, 11) is 0. The van der Waals surface area contributed by atoms with Crippen LogP contribution in [0.1, 0.15) is 43.2 Å². The van der Waals surface area contributed by atoms with Crippen LogP contribution in [0.25, 0.3) is 0 Å². The lowest BCUT2D eigenvalue weighted by molar-refractivity contribution is 0.209. The molecule has 2 fully saturated rings. The van der Waals surface area contributed by atoms with Gasteiger partial charge >= 0.3 is 0 Å². The summed E-state index contributed by atoms with van der Waals surface area (Å²) in [5, 5.41) is 0.800. The van der Waals surface area contributed by atoms with Crippen LogP contribution in [0.5, 0.6) is 0 Å². The van der Waals surface area contributed by atoms with E-state index < -0.39 is 0 Å². The largest absolute Gasteiger partial charge is 0.353 e. The van der Waals surface area contributed by atoms with Crippen LogP contribution in [0.4, 0.5) is 5.82 Å². The smallest absolute Gasteiger partial charge is 0.147 e. The molecule has 1 saturated carbocycles. The van der Waals surface area contributed by atoms with Crippen molar-refractivity contribution in [1.29, 1.82) is 0 Å². The fraction of sp³-hybridized carbons (Fsp3) is 0.476. The molecule has 25 heavy (non-hydrogen) atoms. The zero-order valence-corrected chi connectivity index (χ0v) is 15.8. The van der Waals surface area contributed by atoms with E-state index in [4.69, 9.17) is 16.6 Å². The van der Waals surface area contributed by atoms with Gasteiger partial charge in [-0.25, -0.2) is 4.98 Å².